The number of nitro groups is 1. The molecule has 0 radical (unpaired) electrons. The fourth-order valence-electron chi connectivity index (χ4n) is 4.08. The van der Waals surface area contributed by atoms with E-state index in [0.29, 0.717) is 36.3 Å². The van der Waals surface area contributed by atoms with Crippen molar-refractivity contribution in [3.8, 4) is 0 Å². The lowest BCUT2D eigenvalue weighted by Crippen LogP contribution is -2.40. The number of carbonyl (C=O) groups excluding carboxylic acids is 3. The molecule has 176 valence electrons. The molecule has 0 spiro atoms. The summed E-state index contributed by atoms with van der Waals surface area (Å²) in [7, 11) is 0. The largest absolute Gasteiger partial charge is 0.451 e. The highest BCUT2D eigenvalue weighted by Gasteiger charge is 2.29. The zero-order valence-corrected chi connectivity index (χ0v) is 18.9. The van der Waals surface area contributed by atoms with Gasteiger partial charge in [0, 0.05) is 37.2 Å². The normalized spacial score (nSPS) is 15.5. The summed E-state index contributed by atoms with van der Waals surface area (Å²) in [6, 6.07) is 10.00. The zero-order valence-electron chi connectivity index (χ0n) is 18.9. The average Bonchev–Trinajstić information content (AvgIpc) is 2.83. The molecule has 2 amide bonds. The van der Waals surface area contributed by atoms with Crippen molar-refractivity contribution >= 4 is 40.6 Å². The number of aryl methyl sites for hydroxylation is 3. The molecule has 0 bridgehead atoms. The number of nitro benzene ring substituents is 1. The van der Waals surface area contributed by atoms with E-state index in [1.54, 1.807) is 6.07 Å². The Balaban J connectivity index is 1.46. The van der Waals surface area contributed by atoms with Gasteiger partial charge in [-0.15, -0.1) is 0 Å². The van der Waals surface area contributed by atoms with Gasteiger partial charge in [0.25, 0.3) is 11.6 Å². The highest BCUT2D eigenvalue weighted by Crippen LogP contribution is 2.30. The second-order valence-electron chi connectivity index (χ2n) is 8.34. The van der Waals surface area contributed by atoms with Crippen LogP contribution in [0.25, 0.3) is 0 Å². The van der Waals surface area contributed by atoms with Crippen LogP contribution >= 0.6 is 0 Å². The second kappa shape index (κ2) is 9.42. The van der Waals surface area contributed by atoms with E-state index in [0.717, 1.165) is 11.1 Å². The third-order valence-electron chi connectivity index (χ3n) is 5.88. The monoisotopic (exact) mass is 464 g/mol. The molecule has 34 heavy (non-hydrogen) atoms. The summed E-state index contributed by atoms with van der Waals surface area (Å²) in [6.07, 6.45) is 1.50. The molecule has 0 aliphatic carbocycles. The minimum atomic E-state index is -0.753. The maximum absolute atomic E-state index is 12.8. The third-order valence-corrected chi connectivity index (χ3v) is 5.88. The Morgan fingerprint density at radius 3 is 2.65 bits per heavy atom. The van der Waals surface area contributed by atoms with Gasteiger partial charge in [0.15, 0.2) is 6.61 Å². The van der Waals surface area contributed by atoms with Crippen LogP contribution in [0.4, 0.5) is 17.1 Å². The first-order valence-corrected chi connectivity index (χ1v) is 11.0. The van der Waals surface area contributed by atoms with Crippen molar-refractivity contribution in [1.29, 1.82) is 0 Å². The molecule has 2 aromatic rings. The van der Waals surface area contributed by atoms with E-state index in [1.807, 2.05) is 32.0 Å². The standard InChI is InChI=1S/C24H24N4O6/c1-15-5-6-16(2)21(12-15)27-22(29)10-8-19(25-27)24(31)34-14-23(30)26-11-3-4-17-13-18(28(32)33)7-9-20(17)26/h5-7,9,12-13H,3-4,8,10-11,14H2,1-2H3. The highest BCUT2D eigenvalue weighted by molar-refractivity contribution is 6.38. The van der Waals surface area contributed by atoms with Gasteiger partial charge in [0.2, 0.25) is 5.91 Å². The lowest BCUT2D eigenvalue weighted by atomic mass is 10.0. The summed E-state index contributed by atoms with van der Waals surface area (Å²) in [5.74, 6) is -1.40. The molecule has 0 aromatic heterocycles. The molecule has 0 saturated heterocycles. The van der Waals surface area contributed by atoms with E-state index in [2.05, 4.69) is 5.10 Å². The van der Waals surface area contributed by atoms with E-state index in [4.69, 9.17) is 4.74 Å². The smallest absolute Gasteiger partial charge is 0.355 e. The van der Waals surface area contributed by atoms with Gasteiger partial charge >= 0.3 is 5.97 Å². The molecular weight excluding hydrogens is 440 g/mol. The number of benzene rings is 2. The number of rotatable bonds is 5. The molecule has 0 unspecified atom stereocenters. The number of esters is 1. The Labute approximate surface area is 195 Å². The van der Waals surface area contributed by atoms with Crippen LogP contribution in [0.15, 0.2) is 41.5 Å². The predicted octanol–water partition coefficient (Wildman–Crippen LogP) is 3.22. The van der Waals surface area contributed by atoms with Crippen LogP contribution in [0.5, 0.6) is 0 Å². The Kier molecular flexibility index (Phi) is 6.40. The lowest BCUT2D eigenvalue weighted by Gasteiger charge is -2.29. The van der Waals surface area contributed by atoms with Crippen molar-refractivity contribution in [3.05, 3.63) is 63.2 Å². The van der Waals surface area contributed by atoms with Gasteiger partial charge in [-0.05, 0) is 55.5 Å². The number of ether oxygens (including phenoxy) is 1. The Hall–Kier alpha value is -4.08. The van der Waals surface area contributed by atoms with Crippen molar-refractivity contribution in [2.45, 2.75) is 39.5 Å². The number of non-ortho nitro benzene ring substituents is 1. The summed E-state index contributed by atoms with van der Waals surface area (Å²) in [5.41, 5.74) is 3.73. The lowest BCUT2D eigenvalue weighted by molar-refractivity contribution is -0.384. The number of carbonyl (C=O) groups is 3. The number of hydrogen-bond donors (Lipinski definition) is 0. The third kappa shape index (κ3) is 4.66. The van der Waals surface area contributed by atoms with Gasteiger partial charge < -0.3 is 9.64 Å². The van der Waals surface area contributed by atoms with Crippen molar-refractivity contribution in [2.24, 2.45) is 5.10 Å². The first-order valence-electron chi connectivity index (χ1n) is 11.0. The van der Waals surface area contributed by atoms with Gasteiger partial charge in [0.05, 0.1) is 10.6 Å². The molecule has 2 aliphatic rings. The predicted molar refractivity (Wildman–Crippen MR) is 125 cm³/mol. The van der Waals surface area contributed by atoms with Crippen LogP contribution in [-0.4, -0.2) is 41.6 Å². The van der Waals surface area contributed by atoms with Crippen molar-refractivity contribution < 1.29 is 24.0 Å². The van der Waals surface area contributed by atoms with E-state index in [1.165, 1.54) is 22.0 Å². The number of fused-ring (bicyclic) bond motifs is 1. The van der Waals surface area contributed by atoms with Crippen LogP contribution in [0.2, 0.25) is 0 Å². The van der Waals surface area contributed by atoms with Crippen LogP contribution in [0, 0.1) is 24.0 Å². The average molecular weight is 464 g/mol. The molecule has 0 fully saturated rings. The maximum atomic E-state index is 12.8. The summed E-state index contributed by atoms with van der Waals surface area (Å²) in [5, 5.41) is 16.5. The van der Waals surface area contributed by atoms with Crippen LogP contribution in [0.3, 0.4) is 0 Å². The Morgan fingerprint density at radius 2 is 1.88 bits per heavy atom. The Morgan fingerprint density at radius 1 is 1.09 bits per heavy atom. The molecule has 0 N–H and O–H groups in total. The van der Waals surface area contributed by atoms with E-state index < -0.39 is 23.4 Å². The number of hydrazone groups is 1. The fourth-order valence-corrected chi connectivity index (χ4v) is 4.08. The van der Waals surface area contributed by atoms with Gasteiger partial charge in [-0.2, -0.15) is 10.1 Å². The molecule has 10 heteroatoms. The maximum Gasteiger partial charge on any atom is 0.355 e. The number of nitrogens with zero attached hydrogens (tertiary/aromatic N) is 4. The van der Waals surface area contributed by atoms with Gasteiger partial charge in [-0.3, -0.25) is 19.7 Å². The minimum absolute atomic E-state index is 0.0299. The fraction of sp³-hybridized carbons (Fsp3) is 0.333. The molecular formula is C24H24N4O6. The van der Waals surface area contributed by atoms with Crippen LogP contribution in [-0.2, 0) is 25.5 Å². The summed E-state index contributed by atoms with van der Waals surface area (Å²) in [4.78, 5) is 49.9. The minimum Gasteiger partial charge on any atom is -0.451 e. The number of amides is 2. The first-order chi connectivity index (χ1) is 16.2. The highest BCUT2D eigenvalue weighted by atomic mass is 16.6. The van der Waals surface area contributed by atoms with E-state index >= 15 is 0 Å². The quantitative estimate of drug-likeness (QED) is 0.380. The van der Waals surface area contributed by atoms with Crippen molar-refractivity contribution in [2.75, 3.05) is 23.1 Å². The summed E-state index contributed by atoms with van der Waals surface area (Å²) < 4.78 is 5.24. The van der Waals surface area contributed by atoms with Gasteiger partial charge in [-0.1, -0.05) is 12.1 Å². The number of hydrogen-bond acceptors (Lipinski definition) is 7. The molecule has 10 nitrogen and oxygen atoms in total. The molecule has 2 aromatic carbocycles. The zero-order chi connectivity index (χ0) is 24.4. The first kappa shape index (κ1) is 23.1. The molecule has 4 rings (SSSR count). The van der Waals surface area contributed by atoms with Crippen molar-refractivity contribution in [3.63, 3.8) is 0 Å². The molecule has 0 saturated carbocycles. The van der Waals surface area contributed by atoms with E-state index in [-0.39, 0.29) is 30.1 Å². The van der Waals surface area contributed by atoms with Crippen LogP contribution in [0.1, 0.15) is 36.0 Å². The second-order valence-corrected chi connectivity index (χ2v) is 8.34. The van der Waals surface area contributed by atoms with Gasteiger partial charge in [-0.25, -0.2) is 4.79 Å². The molecule has 2 aliphatic heterocycles. The summed E-state index contributed by atoms with van der Waals surface area (Å²) >= 11 is 0. The SMILES string of the molecule is Cc1ccc(C)c(N2N=C(C(=O)OCC(=O)N3CCCc4cc([N+](=O)[O-])ccc43)CCC2=O)c1. The molecule has 2 heterocycles. The van der Waals surface area contributed by atoms with Crippen LogP contribution < -0.4 is 9.91 Å². The Bertz CT molecular complexity index is 1220. The summed E-state index contributed by atoms with van der Waals surface area (Å²) in [6.45, 7) is 3.69. The topological polar surface area (TPSA) is 122 Å². The number of anilines is 2. The van der Waals surface area contributed by atoms with E-state index in [9.17, 15) is 24.5 Å². The van der Waals surface area contributed by atoms with Gasteiger partial charge in [0.1, 0.15) is 5.71 Å². The van der Waals surface area contributed by atoms with Crippen molar-refractivity contribution in [1.82, 2.24) is 0 Å². The molecule has 0 atom stereocenters.